The summed E-state index contributed by atoms with van der Waals surface area (Å²) in [6, 6.07) is 2.30. The molecule has 2 heterocycles. The summed E-state index contributed by atoms with van der Waals surface area (Å²) in [7, 11) is 1.99. The number of aryl methyl sites for hydroxylation is 1. The molecule has 0 amide bonds. The Morgan fingerprint density at radius 1 is 1.62 bits per heavy atom. The van der Waals surface area contributed by atoms with Crippen LogP contribution < -0.4 is 5.32 Å². The molecule has 1 saturated heterocycles. The third kappa shape index (κ3) is 2.56. The zero-order valence-corrected chi connectivity index (χ0v) is 10.6. The minimum absolute atomic E-state index is 0.251. The van der Waals surface area contributed by atoms with E-state index in [4.69, 9.17) is 4.74 Å². The van der Waals surface area contributed by atoms with Gasteiger partial charge in [-0.3, -0.25) is 4.98 Å². The topological polar surface area (TPSA) is 34.2 Å². The van der Waals surface area contributed by atoms with E-state index >= 15 is 0 Å². The largest absolute Gasteiger partial charge is 0.375 e. The van der Waals surface area contributed by atoms with Gasteiger partial charge in [0.1, 0.15) is 0 Å². The van der Waals surface area contributed by atoms with E-state index < -0.39 is 0 Å². The second-order valence-electron chi connectivity index (χ2n) is 3.98. The third-order valence-electron chi connectivity index (χ3n) is 2.94. The van der Waals surface area contributed by atoms with Crippen molar-refractivity contribution in [3.63, 3.8) is 0 Å². The van der Waals surface area contributed by atoms with Crippen molar-refractivity contribution in [3.8, 4) is 0 Å². The minimum atomic E-state index is 0.251. The fourth-order valence-electron chi connectivity index (χ4n) is 2.04. The summed E-state index contributed by atoms with van der Waals surface area (Å²) in [6.45, 7) is 2.98. The Hall–Kier alpha value is -0.580. The summed E-state index contributed by atoms with van der Waals surface area (Å²) in [6.07, 6.45) is 4.04. The molecular formula is C12H18N2OS. The van der Waals surface area contributed by atoms with Gasteiger partial charge in [-0.05, 0) is 31.2 Å². The van der Waals surface area contributed by atoms with E-state index in [2.05, 4.69) is 23.3 Å². The molecule has 0 spiro atoms. The molecule has 2 unspecified atom stereocenters. The Bertz CT molecular complexity index is 340. The Balaban J connectivity index is 2.18. The van der Waals surface area contributed by atoms with Crippen molar-refractivity contribution in [2.45, 2.75) is 19.1 Å². The number of ether oxygens (including phenoxy) is 1. The summed E-state index contributed by atoms with van der Waals surface area (Å²) in [4.78, 5) is 4.21. The molecule has 2 atom stereocenters. The fraction of sp³-hybridized carbons (Fsp3) is 0.583. The Morgan fingerprint density at radius 2 is 2.50 bits per heavy atom. The molecule has 4 heteroatoms. The highest BCUT2D eigenvalue weighted by atomic mass is 32.2. The van der Waals surface area contributed by atoms with Crippen LogP contribution in [0.15, 0.2) is 18.5 Å². The molecule has 1 aliphatic heterocycles. The Labute approximate surface area is 101 Å². The van der Waals surface area contributed by atoms with E-state index in [1.54, 1.807) is 0 Å². The van der Waals surface area contributed by atoms with Gasteiger partial charge in [0.15, 0.2) is 0 Å². The van der Waals surface area contributed by atoms with Crippen LogP contribution in [-0.4, -0.2) is 36.2 Å². The molecular weight excluding hydrogens is 220 g/mol. The summed E-state index contributed by atoms with van der Waals surface area (Å²) in [5.41, 5.74) is 2.52. The summed E-state index contributed by atoms with van der Waals surface area (Å²) < 4.78 is 5.83. The van der Waals surface area contributed by atoms with Crippen LogP contribution in [0.5, 0.6) is 0 Å². The highest BCUT2D eigenvalue weighted by molar-refractivity contribution is 7.99. The summed E-state index contributed by atoms with van der Waals surface area (Å²) in [5, 5.41) is 3.35. The lowest BCUT2D eigenvalue weighted by atomic mass is 10.00. The molecule has 1 aromatic rings. The predicted octanol–water partition coefficient (Wildman–Crippen LogP) is 1.78. The number of hydrogen-bond acceptors (Lipinski definition) is 4. The standard InChI is InChI=1S/C12H18N2OS/c1-9-3-4-14-7-10(9)12(13-2)11-8-16-6-5-15-11/h3-4,7,11-13H,5-6,8H2,1-2H3. The van der Waals surface area contributed by atoms with E-state index in [1.807, 2.05) is 31.2 Å². The molecule has 3 nitrogen and oxygen atoms in total. The maximum atomic E-state index is 5.83. The lowest BCUT2D eigenvalue weighted by Crippen LogP contribution is -2.37. The van der Waals surface area contributed by atoms with Crippen LogP contribution in [0, 0.1) is 6.92 Å². The second-order valence-corrected chi connectivity index (χ2v) is 5.13. The number of thioether (sulfide) groups is 1. The van der Waals surface area contributed by atoms with Crippen molar-refractivity contribution in [1.82, 2.24) is 10.3 Å². The van der Waals surface area contributed by atoms with E-state index in [0.29, 0.717) is 0 Å². The SMILES string of the molecule is CNC(c1cnccc1C)C1CSCCO1. The van der Waals surface area contributed by atoms with Crippen LogP contribution in [0.3, 0.4) is 0 Å². The van der Waals surface area contributed by atoms with Crippen LogP contribution in [0.2, 0.25) is 0 Å². The van der Waals surface area contributed by atoms with Crippen LogP contribution in [0.1, 0.15) is 17.2 Å². The monoisotopic (exact) mass is 238 g/mol. The first-order chi connectivity index (χ1) is 7.83. The van der Waals surface area contributed by atoms with Crippen LogP contribution in [-0.2, 0) is 4.74 Å². The molecule has 2 rings (SSSR count). The number of nitrogens with zero attached hydrogens (tertiary/aromatic N) is 1. The molecule has 1 aromatic heterocycles. The molecule has 16 heavy (non-hydrogen) atoms. The zero-order chi connectivity index (χ0) is 11.4. The number of aromatic nitrogens is 1. The van der Waals surface area contributed by atoms with Gasteiger partial charge in [-0.15, -0.1) is 0 Å². The molecule has 1 aliphatic rings. The van der Waals surface area contributed by atoms with Crippen molar-refractivity contribution < 1.29 is 4.74 Å². The van der Waals surface area contributed by atoms with E-state index in [1.165, 1.54) is 11.1 Å². The molecule has 0 radical (unpaired) electrons. The molecule has 0 saturated carbocycles. The van der Waals surface area contributed by atoms with Gasteiger partial charge in [-0.25, -0.2) is 0 Å². The quantitative estimate of drug-likeness (QED) is 0.870. The maximum absolute atomic E-state index is 5.83. The number of pyridine rings is 1. The Kier molecular flexibility index (Phi) is 4.21. The normalized spacial score (nSPS) is 23.0. The molecule has 1 fully saturated rings. The van der Waals surface area contributed by atoms with E-state index in [-0.39, 0.29) is 12.1 Å². The lowest BCUT2D eigenvalue weighted by Gasteiger charge is -2.30. The summed E-state index contributed by atoms with van der Waals surface area (Å²) >= 11 is 1.96. The second kappa shape index (κ2) is 5.66. The van der Waals surface area contributed by atoms with Crippen LogP contribution in [0.25, 0.3) is 0 Å². The lowest BCUT2D eigenvalue weighted by molar-refractivity contribution is 0.0486. The average Bonchev–Trinajstić information content (AvgIpc) is 2.34. The van der Waals surface area contributed by atoms with Gasteiger partial charge in [0.05, 0.1) is 18.8 Å². The van der Waals surface area contributed by atoms with Crippen molar-refractivity contribution >= 4 is 11.8 Å². The number of nitrogens with one attached hydrogen (secondary N) is 1. The van der Waals surface area contributed by atoms with Gasteiger partial charge in [-0.1, -0.05) is 0 Å². The van der Waals surface area contributed by atoms with Gasteiger partial charge >= 0.3 is 0 Å². The smallest absolute Gasteiger partial charge is 0.0860 e. The van der Waals surface area contributed by atoms with Crippen LogP contribution in [0.4, 0.5) is 0 Å². The third-order valence-corrected chi connectivity index (χ3v) is 3.96. The van der Waals surface area contributed by atoms with Gasteiger partial charge < -0.3 is 10.1 Å². The number of likely N-dealkylation sites (N-methyl/N-ethyl adjacent to an activating group) is 1. The molecule has 1 N–H and O–H groups in total. The van der Waals surface area contributed by atoms with Crippen molar-refractivity contribution in [3.05, 3.63) is 29.6 Å². The first-order valence-corrected chi connectivity index (χ1v) is 6.75. The average molecular weight is 238 g/mol. The van der Waals surface area contributed by atoms with Crippen LogP contribution >= 0.6 is 11.8 Å². The van der Waals surface area contributed by atoms with Gasteiger partial charge in [0.2, 0.25) is 0 Å². The van der Waals surface area contributed by atoms with E-state index in [0.717, 1.165) is 18.1 Å². The fourth-order valence-corrected chi connectivity index (χ4v) is 2.94. The first-order valence-electron chi connectivity index (χ1n) is 5.60. The molecule has 88 valence electrons. The molecule has 0 bridgehead atoms. The van der Waals surface area contributed by atoms with Gasteiger partial charge in [-0.2, -0.15) is 11.8 Å². The molecule has 0 aromatic carbocycles. The highest BCUT2D eigenvalue weighted by Gasteiger charge is 2.26. The number of hydrogen-bond donors (Lipinski definition) is 1. The van der Waals surface area contributed by atoms with Crippen molar-refractivity contribution in [2.24, 2.45) is 0 Å². The van der Waals surface area contributed by atoms with Crippen molar-refractivity contribution in [1.29, 1.82) is 0 Å². The Morgan fingerprint density at radius 3 is 3.12 bits per heavy atom. The van der Waals surface area contributed by atoms with Gasteiger partial charge in [0.25, 0.3) is 0 Å². The first kappa shape index (κ1) is 11.9. The highest BCUT2D eigenvalue weighted by Crippen LogP contribution is 2.26. The van der Waals surface area contributed by atoms with E-state index in [9.17, 15) is 0 Å². The molecule has 0 aliphatic carbocycles. The zero-order valence-electron chi connectivity index (χ0n) is 9.77. The minimum Gasteiger partial charge on any atom is -0.375 e. The summed E-state index contributed by atoms with van der Waals surface area (Å²) in [5.74, 6) is 2.17. The predicted molar refractivity (Wildman–Crippen MR) is 67.8 cm³/mol. The number of rotatable bonds is 3. The van der Waals surface area contributed by atoms with Gasteiger partial charge in [0, 0.05) is 23.9 Å². The maximum Gasteiger partial charge on any atom is 0.0860 e. The van der Waals surface area contributed by atoms with Crippen molar-refractivity contribution in [2.75, 3.05) is 25.2 Å².